The molecule has 27 heavy (non-hydrogen) atoms. The van der Waals surface area contributed by atoms with Crippen molar-refractivity contribution < 1.29 is 4.79 Å². The van der Waals surface area contributed by atoms with Gasteiger partial charge in [0, 0.05) is 21.6 Å². The molecular formula is C22H13Cl2NOS. The highest BCUT2D eigenvalue weighted by Gasteiger charge is 2.38. The smallest absolute Gasteiger partial charge is 0.193 e. The van der Waals surface area contributed by atoms with Gasteiger partial charge in [-0.2, -0.15) is 0 Å². The molecule has 0 bridgehead atoms. The molecule has 5 heteroatoms. The van der Waals surface area contributed by atoms with E-state index in [0.717, 1.165) is 38.5 Å². The van der Waals surface area contributed by atoms with Crippen LogP contribution in [0, 0.1) is 0 Å². The lowest BCUT2D eigenvalue weighted by Gasteiger charge is -2.19. The number of fused-ring (bicyclic) bond motifs is 3. The molecule has 0 fully saturated rings. The van der Waals surface area contributed by atoms with Crippen LogP contribution in [0.5, 0.6) is 0 Å². The van der Waals surface area contributed by atoms with Crippen molar-refractivity contribution in [1.82, 2.24) is 0 Å². The number of nitrogens with one attached hydrogen (secondary N) is 1. The van der Waals surface area contributed by atoms with Gasteiger partial charge >= 0.3 is 0 Å². The van der Waals surface area contributed by atoms with Crippen LogP contribution in [0.15, 0.2) is 77.2 Å². The number of Topliss-reactive ketones (excluding diaryl/α,β-unsaturated/α-hetero) is 1. The number of para-hydroxylation sites is 1. The minimum Gasteiger partial charge on any atom is -0.354 e. The zero-order valence-electron chi connectivity index (χ0n) is 14.0. The van der Waals surface area contributed by atoms with Crippen molar-refractivity contribution in [2.75, 3.05) is 5.32 Å². The quantitative estimate of drug-likeness (QED) is 0.475. The summed E-state index contributed by atoms with van der Waals surface area (Å²) in [5.74, 6) is 0.0365. The maximum Gasteiger partial charge on any atom is 0.193 e. The molecule has 0 unspecified atom stereocenters. The third-order valence-electron chi connectivity index (χ3n) is 4.87. The summed E-state index contributed by atoms with van der Waals surface area (Å²) >= 11 is 14.5. The van der Waals surface area contributed by atoms with Crippen LogP contribution in [0.2, 0.25) is 10.0 Å². The van der Waals surface area contributed by atoms with Crippen molar-refractivity contribution in [3.63, 3.8) is 0 Å². The normalized spacial score (nSPS) is 17.7. The van der Waals surface area contributed by atoms with E-state index in [2.05, 4.69) is 11.4 Å². The second kappa shape index (κ2) is 6.45. The predicted molar refractivity (Wildman–Crippen MR) is 113 cm³/mol. The first-order valence-corrected chi connectivity index (χ1v) is 10.1. The monoisotopic (exact) mass is 409 g/mol. The third-order valence-corrected chi connectivity index (χ3v) is 7.04. The van der Waals surface area contributed by atoms with Gasteiger partial charge in [0.05, 0.1) is 26.7 Å². The Hall–Kier alpha value is -2.20. The lowest BCUT2D eigenvalue weighted by Crippen LogP contribution is -2.08. The highest BCUT2D eigenvalue weighted by molar-refractivity contribution is 8.00. The van der Waals surface area contributed by atoms with Crippen molar-refractivity contribution in [3.05, 3.63) is 99.0 Å². The van der Waals surface area contributed by atoms with Gasteiger partial charge in [-0.1, -0.05) is 71.7 Å². The molecule has 1 aliphatic heterocycles. The zero-order valence-corrected chi connectivity index (χ0v) is 16.3. The summed E-state index contributed by atoms with van der Waals surface area (Å²) in [4.78, 5) is 14.4. The van der Waals surface area contributed by atoms with E-state index in [9.17, 15) is 4.79 Å². The third kappa shape index (κ3) is 2.61. The molecule has 5 rings (SSSR count). The van der Waals surface area contributed by atoms with Crippen LogP contribution in [0.4, 0.5) is 5.69 Å². The molecule has 3 aromatic carbocycles. The number of benzene rings is 3. The zero-order chi connectivity index (χ0) is 18.5. The van der Waals surface area contributed by atoms with Crippen molar-refractivity contribution in [1.29, 1.82) is 0 Å². The molecule has 0 radical (unpaired) electrons. The Morgan fingerprint density at radius 2 is 1.59 bits per heavy atom. The molecular weight excluding hydrogens is 397 g/mol. The van der Waals surface area contributed by atoms with Crippen molar-refractivity contribution in [2.45, 2.75) is 10.1 Å². The Labute approximate surface area is 171 Å². The van der Waals surface area contributed by atoms with E-state index in [1.165, 1.54) is 0 Å². The molecule has 1 aliphatic carbocycles. The summed E-state index contributed by atoms with van der Waals surface area (Å²) < 4.78 is 0. The summed E-state index contributed by atoms with van der Waals surface area (Å²) in [6.07, 6.45) is 0. The highest BCUT2D eigenvalue weighted by Crippen LogP contribution is 2.53. The number of carbonyl (C=O) groups is 1. The fourth-order valence-electron chi connectivity index (χ4n) is 3.62. The van der Waals surface area contributed by atoms with Gasteiger partial charge in [-0.3, -0.25) is 4.79 Å². The minimum atomic E-state index is -0.248. The molecule has 0 spiro atoms. The molecule has 3 aromatic rings. The molecule has 2 aliphatic rings. The van der Waals surface area contributed by atoms with Gasteiger partial charge in [-0.05, 0) is 23.8 Å². The lowest BCUT2D eigenvalue weighted by atomic mass is 10.0. The highest BCUT2D eigenvalue weighted by atomic mass is 35.5. The predicted octanol–water partition coefficient (Wildman–Crippen LogP) is 6.86. The van der Waals surface area contributed by atoms with Gasteiger partial charge in [0.25, 0.3) is 0 Å². The summed E-state index contributed by atoms with van der Waals surface area (Å²) in [7, 11) is 0. The number of hydrogen-bond acceptors (Lipinski definition) is 3. The van der Waals surface area contributed by atoms with Gasteiger partial charge in [0.1, 0.15) is 0 Å². The number of halogens is 2. The van der Waals surface area contributed by atoms with Crippen LogP contribution in [0.1, 0.15) is 26.7 Å². The van der Waals surface area contributed by atoms with Crippen molar-refractivity contribution in [3.8, 4) is 0 Å². The van der Waals surface area contributed by atoms with E-state index in [1.807, 2.05) is 54.6 Å². The number of thioether (sulfide) groups is 1. The summed E-state index contributed by atoms with van der Waals surface area (Å²) in [6, 6.07) is 21.4. The van der Waals surface area contributed by atoms with Crippen LogP contribution >= 0.6 is 35.0 Å². The van der Waals surface area contributed by atoms with E-state index >= 15 is 0 Å². The maximum atomic E-state index is 13.3. The Balaban J connectivity index is 1.78. The topological polar surface area (TPSA) is 29.1 Å². The first kappa shape index (κ1) is 16.9. The van der Waals surface area contributed by atoms with Crippen molar-refractivity contribution >= 4 is 52.1 Å². The van der Waals surface area contributed by atoms with E-state index in [-0.39, 0.29) is 11.0 Å². The Bertz CT molecular complexity index is 1140. The van der Waals surface area contributed by atoms with E-state index in [1.54, 1.807) is 17.8 Å². The van der Waals surface area contributed by atoms with E-state index < -0.39 is 0 Å². The molecule has 1 N–H and O–H groups in total. The fraction of sp³-hybridized carbons (Fsp3) is 0.0455. The average Bonchev–Trinajstić information content (AvgIpc) is 2.85. The minimum absolute atomic E-state index is 0.0365. The van der Waals surface area contributed by atoms with Crippen LogP contribution in [-0.4, -0.2) is 5.78 Å². The fourth-order valence-corrected chi connectivity index (χ4v) is 5.43. The van der Waals surface area contributed by atoms with E-state index in [4.69, 9.17) is 23.2 Å². The summed E-state index contributed by atoms with van der Waals surface area (Å²) in [5.41, 5.74) is 5.06. The largest absolute Gasteiger partial charge is 0.354 e. The molecule has 0 amide bonds. The van der Waals surface area contributed by atoms with Crippen LogP contribution in [-0.2, 0) is 0 Å². The van der Waals surface area contributed by atoms with Gasteiger partial charge in [-0.25, -0.2) is 0 Å². The van der Waals surface area contributed by atoms with Crippen molar-refractivity contribution in [2.24, 2.45) is 0 Å². The summed E-state index contributed by atoms with van der Waals surface area (Å²) in [6.45, 7) is 0. The molecule has 1 atom stereocenters. The lowest BCUT2D eigenvalue weighted by molar-refractivity contribution is 0.103. The van der Waals surface area contributed by atoms with E-state index in [0.29, 0.717) is 10.0 Å². The molecule has 2 nitrogen and oxygen atoms in total. The second-order valence-corrected chi connectivity index (χ2v) is 8.36. The molecule has 1 heterocycles. The molecule has 132 valence electrons. The van der Waals surface area contributed by atoms with Gasteiger partial charge in [0.2, 0.25) is 0 Å². The maximum absolute atomic E-state index is 13.3. The molecule has 0 saturated heterocycles. The van der Waals surface area contributed by atoms with Crippen LogP contribution < -0.4 is 5.32 Å². The number of anilines is 1. The standard InChI is InChI=1S/C22H13Cl2NOS/c23-15-9-5-8-14(19(15)24)22-18-20(12-6-1-2-7-13(12)21(18)26)25-16-10-3-4-11-17(16)27-22/h1-11,22,25H/t22-/m0/s1. The van der Waals surface area contributed by atoms with Gasteiger partial charge < -0.3 is 5.32 Å². The number of ketones is 1. The molecule has 0 aromatic heterocycles. The SMILES string of the molecule is O=C1C2=C(Nc3ccccc3S[C@H]2c2cccc(Cl)c2Cl)c2ccccc21. The van der Waals surface area contributed by atoms with Crippen LogP contribution in [0.25, 0.3) is 5.70 Å². The van der Waals surface area contributed by atoms with Gasteiger partial charge in [0.15, 0.2) is 5.78 Å². The first-order chi connectivity index (χ1) is 13.1. The number of rotatable bonds is 1. The number of carbonyl (C=O) groups excluding carboxylic acids is 1. The Morgan fingerprint density at radius 1 is 0.852 bits per heavy atom. The average molecular weight is 410 g/mol. The first-order valence-electron chi connectivity index (χ1n) is 8.50. The van der Waals surface area contributed by atoms with Gasteiger partial charge in [-0.15, -0.1) is 11.8 Å². The second-order valence-electron chi connectivity index (χ2n) is 6.43. The Morgan fingerprint density at radius 3 is 2.44 bits per heavy atom. The number of hydrogen-bond donors (Lipinski definition) is 1. The summed E-state index contributed by atoms with van der Waals surface area (Å²) in [5, 5.41) is 4.24. The molecule has 0 saturated carbocycles. The Kier molecular flexibility index (Phi) is 4.05. The van der Waals surface area contributed by atoms with Crippen LogP contribution in [0.3, 0.4) is 0 Å².